The molecule has 1 atom stereocenters. The van der Waals surface area contributed by atoms with Gasteiger partial charge in [-0.1, -0.05) is 35.9 Å². The molecule has 3 aromatic carbocycles. The summed E-state index contributed by atoms with van der Waals surface area (Å²) in [6, 6.07) is 21.4. The van der Waals surface area contributed by atoms with Gasteiger partial charge in [0.25, 0.3) is 5.91 Å². The molecule has 0 bridgehead atoms. The summed E-state index contributed by atoms with van der Waals surface area (Å²) in [6.07, 6.45) is -0.371. The Balaban J connectivity index is 1.85. The normalized spacial score (nSPS) is 16.3. The van der Waals surface area contributed by atoms with Crippen LogP contribution in [0.25, 0.3) is 0 Å². The number of phenolic OH excluding ortho intramolecular Hbond substituents is 1. The first-order valence-electron chi connectivity index (χ1n) is 7.87. The van der Waals surface area contributed by atoms with Crippen LogP contribution < -0.4 is 10.2 Å². The van der Waals surface area contributed by atoms with E-state index in [0.29, 0.717) is 16.3 Å². The van der Waals surface area contributed by atoms with Gasteiger partial charge in [0.05, 0.1) is 5.56 Å². The number of benzene rings is 3. The Labute approximate surface area is 150 Å². The van der Waals surface area contributed by atoms with E-state index in [4.69, 9.17) is 11.6 Å². The van der Waals surface area contributed by atoms with Crippen molar-refractivity contribution >= 4 is 28.9 Å². The molecule has 4 nitrogen and oxygen atoms in total. The van der Waals surface area contributed by atoms with Crippen LogP contribution in [0.5, 0.6) is 5.75 Å². The van der Waals surface area contributed by atoms with Crippen molar-refractivity contribution in [3.8, 4) is 5.75 Å². The zero-order chi connectivity index (χ0) is 17.4. The van der Waals surface area contributed by atoms with Crippen LogP contribution in [-0.2, 0) is 0 Å². The summed E-state index contributed by atoms with van der Waals surface area (Å²) in [5.41, 5.74) is 3.02. The van der Waals surface area contributed by atoms with E-state index in [2.05, 4.69) is 5.32 Å². The van der Waals surface area contributed by atoms with Crippen LogP contribution >= 0.6 is 11.6 Å². The smallest absolute Gasteiger partial charge is 0.262 e. The number of halogens is 1. The Morgan fingerprint density at radius 2 is 1.60 bits per heavy atom. The van der Waals surface area contributed by atoms with Gasteiger partial charge in [-0.05, 0) is 54.1 Å². The lowest BCUT2D eigenvalue weighted by atomic mass is 10.0. The third kappa shape index (κ3) is 2.81. The fourth-order valence-corrected chi connectivity index (χ4v) is 3.14. The number of carbonyl (C=O) groups excluding carboxylic acids is 1. The molecule has 1 aliphatic heterocycles. The number of fused-ring (bicyclic) bond motifs is 1. The first-order valence-corrected chi connectivity index (χ1v) is 8.25. The van der Waals surface area contributed by atoms with E-state index in [1.165, 1.54) is 0 Å². The summed E-state index contributed by atoms with van der Waals surface area (Å²) >= 11 is 6.00. The Kier molecular flexibility index (Phi) is 3.82. The second kappa shape index (κ2) is 6.15. The monoisotopic (exact) mass is 350 g/mol. The van der Waals surface area contributed by atoms with Crippen molar-refractivity contribution in [3.05, 3.63) is 88.9 Å². The predicted molar refractivity (Wildman–Crippen MR) is 99.2 cm³/mol. The lowest BCUT2D eigenvalue weighted by Gasteiger charge is -2.38. The number of phenols is 1. The molecule has 1 heterocycles. The van der Waals surface area contributed by atoms with Crippen LogP contribution in [0.2, 0.25) is 5.02 Å². The van der Waals surface area contributed by atoms with Gasteiger partial charge in [0.2, 0.25) is 0 Å². The average molecular weight is 351 g/mol. The van der Waals surface area contributed by atoms with Crippen molar-refractivity contribution in [2.45, 2.75) is 6.17 Å². The Bertz CT molecular complexity index is 923. The second-order valence-electron chi connectivity index (χ2n) is 5.84. The number of nitrogens with one attached hydrogen (secondary N) is 1. The van der Waals surface area contributed by atoms with Gasteiger partial charge in [-0.3, -0.25) is 9.69 Å². The van der Waals surface area contributed by atoms with Crippen LogP contribution in [-0.4, -0.2) is 11.0 Å². The van der Waals surface area contributed by atoms with Gasteiger partial charge >= 0.3 is 0 Å². The molecule has 4 rings (SSSR count). The molecule has 2 N–H and O–H groups in total. The predicted octanol–water partition coefficient (Wildman–Crippen LogP) is 4.82. The van der Waals surface area contributed by atoms with Gasteiger partial charge < -0.3 is 10.4 Å². The van der Waals surface area contributed by atoms with Gasteiger partial charge in [0.15, 0.2) is 0 Å². The van der Waals surface area contributed by atoms with Gasteiger partial charge in [-0.25, -0.2) is 0 Å². The molecule has 0 fully saturated rings. The van der Waals surface area contributed by atoms with Crippen LogP contribution in [0.4, 0.5) is 11.4 Å². The fourth-order valence-electron chi connectivity index (χ4n) is 3.01. The summed E-state index contributed by atoms with van der Waals surface area (Å²) in [7, 11) is 0. The highest BCUT2D eigenvalue weighted by atomic mass is 35.5. The van der Waals surface area contributed by atoms with E-state index < -0.39 is 0 Å². The number of rotatable bonds is 2. The highest BCUT2D eigenvalue weighted by Gasteiger charge is 2.33. The molecule has 25 heavy (non-hydrogen) atoms. The molecule has 0 unspecified atom stereocenters. The largest absolute Gasteiger partial charge is 0.508 e. The van der Waals surface area contributed by atoms with Crippen LogP contribution in [0.3, 0.4) is 0 Å². The standard InChI is InChI=1S/C20H15ClN2O2/c21-14-7-5-13(6-8-14)19-22-18-4-2-1-3-17(18)20(25)23(19)15-9-11-16(24)12-10-15/h1-12,19,22,24H/t19-/m0/s1. The minimum absolute atomic E-state index is 0.0972. The van der Waals surface area contributed by atoms with E-state index in [1.54, 1.807) is 47.4 Å². The Morgan fingerprint density at radius 3 is 2.32 bits per heavy atom. The summed E-state index contributed by atoms with van der Waals surface area (Å²) in [5, 5.41) is 13.6. The molecule has 5 heteroatoms. The summed E-state index contributed by atoms with van der Waals surface area (Å²) < 4.78 is 0. The van der Waals surface area contributed by atoms with Crippen molar-refractivity contribution < 1.29 is 9.90 Å². The van der Waals surface area contributed by atoms with Crippen molar-refractivity contribution in [3.63, 3.8) is 0 Å². The van der Waals surface area contributed by atoms with Gasteiger partial charge in [-0.2, -0.15) is 0 Å². The molecule has 0 radical (unpaired) electrons. The topological polar surface area (TPSA) is 52.6 Å². The summed E-state index contributed by atoms with van der Waals surface area (Å²) in [4.78, 5) is 14.8. The minimum atomic E-state index is -0.371. The molecule has 0 aliphatic carbocycles. The molecule has 0 saturated carbocycles. The number of carbonyl (C=O) groups is 1. The third-order valence-electron chi connectivity index (χ3n) is 4.24. The number of hydrogen-bond acceptors (Lipinski definition) is 3. The minimum Gasteiger partial charge on any atom is -0.508 e. The summed E-state index contributed by atoms with van der Waals surface area (Å²) in [5.74, 6) is 0.0598. The van der Waals surface area contributed by atoms with Crippen molar-refractivity contribution in [2.75, 3.05) is 10.2 Å². The Hall–Kier alpha value is -2.98. The quantitative estimate of drug-likeness (QED) is 0.697. The summed E-state index contributed by atoms with van der Waals surface area (Å²) in [6.45, 7) is 0. The molecular formula is C20H15ClN2O2. The number of hydrogen-bond donors (Lipinski definition) is 2. The van der Waals surface area contributed by atoms with E-state index in [0.717, 1.165) is 11.3 Å². The van der Waals surface area contributed by atoms with Crippen molar-refractivity contribution in [2.24, 2.45) is 0 Å². The van der Waals surface area contributed by atoms with Crippen LogP contribution in [0.1, 0.15) is 22.1 Å². The lowest BCUT2D eigenvalue weighted by molar-refractivity contribution is 0.0975. The molecule has 0 aromatic heterocycles. The van der Waals surface area contributed by atoms with E-state index in [-0.39, 0.29) is 17.8 Å². The number of amides is 1. The second-order valence-corrected chi connectivity index (χ2v) is 6.27. The lowest BCUT2D eigenvalue weighted by Crippen LogP contribution is -2.43. The first-order chi connectivity index (χ1) is 12.1. The molecule has 3 aromatic rings. The molecule has 0 spiro atoms. The van der Waals surface area contributed by atoms with Gasteiger partial charge in [0.1, 0.15) is 11.9 Å². The van der Waals surface area contributed by atoms with E-state index in [1.807, 2.05) is 30.3 Å². The van der Waals surface area contributed by atoms with Gasteiger partial charge in [0, 0.05) is 16.4 Å². The zero-order valence-corrected chi connectivity index (χ0v) is 13.9. The number of anilines is 2. The van der Waals surface area contributed by atoms with Crippen LogP contribution in [0.15, 0.2) is 72.8 Å². The highest BCUT2D eigenvalue weighted by Crippen LogP contribution is 2.37. The number of aromatic hydroxyl groups is 1. The Morgan fingerprint density at radius 1 is 0.920 bits per heavy atom. The maximum Gasteiger partial charge on any atom is 0.262 e. The molecule has 1 amide bonds. The van der Waals surface area contributed by atoms with E-state index in [9.17, 15) is 9.90 Å². The highest BCUT2D eigenvalue weighted by molar-refractivity contribution is 6.30. The molecular weight excluding hydrogens is 336 g/mol. The van der Waals surface area contributed by atoms with Crippen molar-refractivity contribution in [1.29, 1.82) is 0 Å². The molecule has 0 saturated heterocycles. The number of para-hydroxylation sites is 1. The first kappa shape index (κ1) is 15.5. The maximum absolute atomic E-state index is 13.2. The fraction of sp³-hybridized carbons (Fsp3) is 0.0500. The zero-order valence-electron chi connectivity index (χ0n) is 13.2. The van der Waals surface area contributed by atoms with Crippen LogP contribution in [0, 0.1) is 0 Å². The SMILES string of the molecule is O=C1c2ccccc2N[C@H](c2ccc(Cl)cc2)N1c1ccc(O)cc1. The maximum atomic E-state index is 13.2. The van der Waals surface area contributed by atoms with E-state index >= 15 is 0 Å². The molecule has 124 valence electrons. The molecule has 1 aliphatic rings. The van der Waals surface area contributed by atoms with Crippen molar-refractivity contribution in [1.82, 2.24) is 0 Å². The average Bonchev–Trinajstić information content (AvgIpc) is 2.63. The number of nitrogens with zero attached hydrogens (tertiary/aromatic N) is 1. The van der Waals surface area contributed by atoms with Gasteiger partial charge in [-0.15, -0.1) is 0 Å². The third-order valence-corrected chi connectivity index (χ3v) is 4.49.